The van der Waals surface area contributed by atoms with E-state index in [1.807, 2.05) is 13.8 Å². The summed E-state index contributed by atoms with van der Waals surface area (Å²) in [5, 5.41) is 3.18. The maximum absolute atomic E-state index is 11.8. The molecule has 1 aliphatic carbocycles. The van der Waals surface area contributed by atoms with Gasteiger partial charge in [0, 0.05) is 12.6 Å². The summed E-state index contributed by atoms with van der Waals surface area (Å²) in [6.07, 6.45) is 4.52. The van der Waals surface area contributed by atoms with E-state index in [9.17, 15) is 8.42 Å². The van der Waals surface area contributed by atoms with Crippen LogP contribution < -0.4 is 10.0 Å². The van der Waals surface area contributed by atoms with Crippen LogP contribution in [0.4, 0.5) is 0 Å². The molecule has 0 radical (unpaired) electrons. The number of likely N-dealkylation sites (N-methyl/N-ethyl adjacent to an activating group) is 1. The first kappa shape index (κ1) is 17.2. The standard InChI is InChI=1S/C11H24N2O2S.ClH/c1-3-12-10(2)8-13-16(14,15)9-11-6-4-5-7-11;/h10-13H,3-9H2,1-2H3;1H/t10-;/m1./s1. The molecule has 0 spiro atoms. The Morgan fingerprint density at radius 3 is 2.41 bits per heavy atom. The molecular formula is C11H25ClN2O2S. The molecule has 0 bridgehead atoms. The number of hydrogen-bond acceptors (Lipinski definition) is 3. The molecule has 0 unspecified atom stereocenters. The highest BCUT2D eigenvalue weighted by molar-refractivity contribution is 7.89. The van der Waals surface area contributed by atoms with Crippen molar-refractivity contribution in [2.45, 2.75) is 45.6 Å². The molecule has 1 aliphatic rings. The normalized spacial score (nSPS) is 18.9. The fourth-order valence-electron chi connectivity index (χ4n) is 2.22. The minimum atomic E-state index is -3.07. The maximum Gasteiger partial charge on any atom is 0.211 e. The van der Waals surface area contributed by atoms with Crippen molar-refractivity contribution >= 4 is 22.4 Å². The van der Waals surface area contributed by atoms with Crippen LogP contribution in [0, 0.1) is 5.92 Å². The molecule has 0 heterocycles. The van der Waals surface area contributed by atoms with E-state index in [-0.39, 0.29) is 18.4 Å². The SMILES string of the molecule is CCN[C@H](C)CNS(=O)(=O)CC1CCCC1.Cl. The van der Waals surface area contributed by atoms with Gasteiger partial charge in [-0.05, 0) is 32.2 Å². The zero-order chi connectivity index (χ0) is 12.0. The summed E-state index contributed by atoms with van der Waals surface area (Å²) in [5.74, 6) is 0.693. The maximum atomic E-state index is 11.8. The van der Waals surface area contributed by atoms with Crippen molar-refractivity contribution in [3.8, 4) is 0 Å². The van der Waals surface area contributed by atoms with Crippen LogP contribution in [0.25, 0.3) is 0 Å². The Morgan fingerprint density at radius 1 is 1.29 bits per heavy atom. The summed E-state index contributed by atoms with van der Waals surface area (Å²) in [6, 6.07) is 0.198. The predicted molar refractivity (Wildman–Crippen MR) is 74.1 cm³/mol. The van der Waals surface area contributed by atoms with Gasteiger partial charge >= 0.3 is 0 Å². The first-order valence-electron chi connectivity index (χ1n) is 6.24. The summed E-state index contributed by atoms with van der Waals surface area (Å²) in [7, 11) is -3.07. The smallest absolute Gasteiger partial charge is 0.211 e. The largest absolute Gasteiger partial charge is 0.313 e. The summed E-state index contributed by atoms with van der Waals surface area (Å²) in [4.78, 5) is 0. The summed E-state index contributed by atoms with van der Waals surface area (Å²) < 4.78 is 26.2. The molecular weight excluding hydrogens is 260 g/mol. The van der Waals surface area contributed by atoms with E-state index in [4.69, 9.17) is 0 Å². The number of rotatable bonds is 7. The molecule has 104 valence electrons. The number of halogens is 1. The van der Waals surface area contributed by atoms with E-state index in [1.54, 1.807) is 0 Å². The Kier molecular flexibility index (Phi) is 8.37. The van der Waals surface area contributed by atoms with Crippen LogP contribution >= 0.6 is 12.4 Å². The lowest BCUT2D eigenvalue weighted by Crippen LogP contribution is -2.40. The van der Waals surface area contributed by atoms with Gasteiger partial charge in [-0.15, -0.1) is 12.4 Å². The quantitative estimate of drug-likeness (QED) is 0.745. The molecule has 17 heavy (non-hydrogen) atoms. The van der Waals surface area contributed by atoms with Gasteiger partial charge in [0.2, 0.25) is 10.0 Å². The fourth-order valence-corrected chi connectivity index (χ4v) is 3.79. The average molecular weight is 285 g/mol. The molecule has 0 saturated heterocycles. The number of sulfonamides is 1. The highest BCUT2D eigenvalue weighted by atomic mass is 35.5. The molecule has 0 aromatic rings. The van der Waals surface area contributed by atoms with Gasteiger partial charge in [0.15, 0.2) is 0 Å². The predicted octanol–water partition coefficient (Wildman–Crippen LogP) is 1.52. The number of nitrogens with one attached hydrogen (secondary N) is 2. The van der Waals surface area contributed by atoms with Crippen LogP contribution in [0.2, 0.25) is 0 Å². The lowest BCUT2D eigenvalue weighted by atomic mass is 10.1. The highest BCUT2D eigenvalue weighted by Gasteiger charge is 2.22. The van der Waals surface area contributed by atoms with Crippen molar-refractivity contribution in [2.24, 2.45) is 5.92 Å². The summed E-state index contributed by atoms with van der Waals surface area (Å²) in [6.45, 7) is 5.36. The Labute approximate surface area is 111 Å². The monoisotopic (exact) mass is 284 g/mol. The van der Waals surface area contributed by atoms with Gasteiger partial charge in [0.05, 0.1) is 5.75 Å². The van der Waals surface area contributed by atoms with Crippen LogP contribution in [-0.2, 0) is 10.0 Å². The van der Waals surface area contributed by atoms with Crippen LogP contribution in [0.1, 0.15) is 39.5 Å². The van der Waals surface area contributed by atoms with Gasteiger partial charge < -0.3 is 5.32 Å². The van der Waals surface area contributed by atoms with Crippen molar-refractivity contribution in [3.63, 3.8) is 0 Å². The Hall–Kier alpha value is 0.160. The fraction of sp³-hybridized carbons (Fsp3) is 1.00. The van der Waals surface area contributed by atoms with E-state index >= 15 is 0 Å². The van der Waals surface area contributed by atoms with Gasteiger partial charge in [0.1, 0.15) is 0 Å². The van der Waals surface area contributed by atoms with Crippen LogP contribution in [0.5, 0.6) is 0 Å². The van der Waals surface area contributed by atoms with Gasteiger partial charge in [-0.1, -0.05) is 19.8 Å². The average Bonchev–Trinajstić information content (AvgIpc) is 2.67. The lowest BCUT2D eigenvalue weighted by Gasteiger charge is -2.15. The topological polar surface area (TPSA) is 58.2 Å². The summed E-state index contributed by atoms with van der Waals surface area (Å²) >= 11 is 0. The van der Waals surface area contributed by atoms with E-state index in [1.165, 1.54) is 12.8 Å². The van der Waals surface area contributed by atoms with Crippen molar-refractivity contribution in [3.05, 3.63) is 0 Å². The molecule has 0 aromatic heterocycles. The van der Waals surface area contributed by atoms with Gasteiger partial charge in [-0.3, -0.25) is 0 Å². The first-order valence-corrected chi connectivity index (χ1v) is 7.89. The van der Waals surface area contributed by atoms with Crippen LogP contribution in [-0.4, -0.2) is 33.3 Å². The Bertz CT molecular complexity index is 290. The molecule has 4 nitrogen and oxygen atoms in total. The molecule has 0 aromatic carbocycles. The van der Waals surface area contributed by atoms with Crippen LogP contribution in [0.15, 0.2) is 0 Å². The molecule has 1 rings (SSSR count). The van der Waals surface area contributed by atoms with Crippen LogP contribution in [0.3, 0.4) is 0 Å². The molecule has 1 fully saturated rings. The third kappa shape index (κ3) is 7.24. The first-order chi connectivity index (χ1) is 7.53. The lowest BCUT2D eigenvalue weighted by molar-refractivity contribution is 0.522. The van der Waals surface area contributed by atoms with E-state index in [2.05, 4.69) is 10.0 Å². The van der Waals surface area contributed by atoms with Gasteiger partial charge in [-0.2, -0.15) is 0 Å². The molecule has 1 saturated carbocycles. The summed E-state index contributed by atoms with van der Waals surface area (Å²) in [5.41, 5.74) is 0. The van der Waals surface area contributed by atoms with Gasteiger partial charge in [-0.25, -0.2) is 13.1 Å². The second-order valence-electron chi connectivity index (χ2n) is 4.74. The third-order valence-corrected chi connectivity index (χ3v) is 4.61. The molecule has 1 atom stereocenters. The molecule has 2 N–H and O–H groups in total. The third-order valence-electron chi connectivity index (χ3n) is 3.09. The molecule has 0 aliphatic heterocycles. The zero-order valence-corrected chi connectivity index (χ0v) is 12.4. The second-order valence-corrected chi connectivity index (χ2v) is 6.59. The van der Waals surface area contributed by atoms with E-state index < -0.39 is 10.0 Å². The van der Waals surface area contributed by atoms with Crippen molar-refractivity contribution < 1.29 is 8.42 Å². The van der Waals surface area contributed by atoms with Gasteiger partial charge in [0.25, 0.3) is 0 Å². The minimum Gasteiger partial charge on any atom is -0.313 e. The highest BCUT2D eigenvalue weighted by Crippen LogP contribution is 2.25. The van der Waals surface area contributed by atoms with E-state index in [0.29, 0.717) is 18.2 Å². The minimum absolute atomic E-state index is 0. The zero-order valence-electron chi connectivity index (χ0n) is 10.7. The Balaban J connectivity index is 0.00000256. The molecule has 0 amide bonds. The van der Waals surface area contributed by atoms with Crippen molar-refractivity contribution in [2.75, 3.05) is 18.8 Å². The molecule has 6 heteroatoms. The Morgan fingerprint density at radius 2 is 1.88 bits per heavy atom. The number of hydrogen-bond donors (Lipinski definition) is 2. The van der Waals surface area contributed by atoms with Crippen molar-refractivity contribution in [1.29, 1.82) is 0 Å². The second kappa shape index (κ2) is 8.29. The van der Waals surface area contributed by atoms with Crippen molar-refractivity contribution in [1.82, 2.24) is 10.0 Å². The van der Waals surface area contributed by atoms with E-state index in [0.717, 1.165) is 19.4 Å².